The van der Waals surface area contributed by atoms with Crippen LogP contribution in [-0.4, -0.2) is 49.2 Å². The molecule has 35 heavy (non-hydrogen) atoms. The van der Waals surface area contributed by atoms with Gasteiger partial charge >= 0.3 is 12.1 Å². The van der Waals surface area contributed by atoms with Crippen molar-refractivity contribution in [2.24, 2.45) is 0 Å². The maximum absolute atomic E-state index is 13.1. The van der Waals surface area contributed by atoms with E-state index in [0.29, 0.717) is 11.1 Å². The molecule has 0 amide bonds. The average molecular weight is 512 g/mol. The van der Waals surface area contributed by atoms with Crippen molar-refractivity contribution in [2.45, 2.75) is 76.9 Å². The fourth-order valence-electron chi connectivity index (χ4n) is 4.46. The standard InChI is InChI=1S/C26H36F3N3O2S/c1-23(2,3)17-13-16(14-18(24(4,5)6)20(17)34-22(33)26(27,28)29)19-15-35-21(31-19)25(32(7)8)9-11-30-12-10-25/h13-15,30H,9-12H2,1-8H3. The molecule has 1 aliphatic rings. The summed E-state index contributed by atoms with van der Waals surface area (Å²) >= 11 is 1.61. The molecule has 0 aliphatic carbocycles. The van der Waals surface area contributed by atoms with Gasteiger partial charge in [-0.25, -0.2) is 9.78 Å². The largest absolute Gasteiger partial charge is 0.491 e. The van der Waals surface area contributed by atoms with Gasteiger partial charge in [0, 0.05) is 22.1 Å². The van der Waals surface area contributed by atoms with Gasteiger partial charge in [-0.15, -0.1) is 11.3 Å². The average Bonchev–Trinajstić information content (AvgIpc) is 3.22. The molecular weight excluding hydrogens is 475 g/mol. The minimum Gasteiger partial charge on any atom is -0.419 e. The van der Waals surface area contributed by atoms with E-state index in [2.05, 4.69) is 24.3 Å². The van der Waals surface area contributed by atoms with Crippen LogP contribution in [0.15, 0.2) is 17.5 Å². The predicted molar refractivity (Wildman–Crippen MR) is 134 cm³/mol. The number of carbonyl (C=O) groups is 1. The van der Waals surface area contributed by atoms with Crippen molar-refractivity contribution < 1.29 is 22.7 Å². The lowest BCUT2D eigenvalue weighted by molar-refractivity contribution is -0.189. The van der Waals surface area contributed by atoms with Crippen molar-refractivity contribution in [2.75, 3.05) is 27.2 Å². The maximum atomic E-state index is 13.1. The molecular formula is C26H36F3N3O2S. The van der Waals surface area contributed by atoms with Crippen molar-refractivity contribution in [3.63, 3.8) is 0 Å². The van der Waals surface area contributed by atoms with Gasteiger partial charge in [0.1, 0.15) is 10.8 Å². The highest BCUT2D eigenvalue weighted by atomic mass is 32.1. The highest BCUT2D eigenvalue weighted by Gasteiger charge is 2.43. The molecule has 0 atom stereocenters. The molecule has 0 unspecified atom stereocenters. The zero-order valence-corrected chi connectivity index (χ0v) is 22.6. The third kappa shape index (κ3) is 5.73. The molecule has 194 valence electrons. The third-order valence-corrected chi connectivity index (χ3v) is 7.65. The van der Waals surface area contributed by atoms with Crippen LogP contribution in [0.3, 0.4) is 0 Å². The predicted octanol–water partition coefficient (Wildman–Crippen LogP) is 6.01. The summed E-state index contributed by atoms with van der Waals surface area (Å²) in [6, 6.07) is 3.63. The molecule has 1 aromatic carbocycles. The molecule has 2 aromatic rings. The summed E-state index contributed by atoms with van der Waals surface area (Å²) < 4.78 is 44.4. The van der Waals surface area contributed by atoms with Crippen LogP contribution >= 0.6 is 11.3 Å². The number of rotatable bonds is 4. The Balaban J connectivity index is 2.19. The summed E-state index contributed by atoms with van der Waals surface area (Å²) in [4.78, 5) is 19.1. The quantitative estimate of drug-likeness (QED) is 0.402. The number of piperidine rings is 1. The van der Waals surface area contributed by atoms with Gasteiger partial charge in [0.05, 0.1) is 11.2 Å². The molecule has 3 rings (SSSR count). The topological polar surface area (TPSA) is 54.5 Å². The van der Waals surface area contributed by atoms with Gasteiger partial charge in [-0.1, -0.05) is 41.5 Å². The van der Waals surface area contributed by atoms with E-state index in [1.807, 2.05) is 59.1 Å². The van der Waals surface area contributed by atoms with E-state index >= 15 is 0 Å². The number of esters is 1. The van der Waals surface area contributed by atoms with Crippen molar-refractivity contribution in [1.29, 1.82) is 0 Å². The molecule has 1 aromatic heterocycles. The zero-order chi connectivity index (χ0) is 26.4. The number of thiazole rings is 1. The molecule has 0 bridgehead atoms. The summed E-state index contributed by atoms with van der Waals surface area (Å²) in [5.74, 6) is -2.23. The molecule has 1 fully saturated rings. The Labute approximate surface area is 210 Å². The maximum Gasteiger partial charge on any atom is 0.491 e. The second-order valence-electron chi connectivity index (χ2n) is 11.5. The summed E-state index contributed by atoms with van der Waals surface area (Å²) in [6.45, 7) is 13.2. The first-order valence-corrected chi connectivity index (χ1v) is 12.7. The lowest BCUT2D eigenvalue weighted by atomic mass is 9.78. The summed E-state index contributed by atoms with van der Waals surface area (Å²) in [7, 11) is 4.15. The SMILES string of the molecule is CN(C)C1(c2nc(-c3cc(C(C)(C)C)c(OC(=O)C(F)(F)F)c(C(C)(C)C)c3)cs2)CCNCC1. The molecule has 0 radical (unpaired) electrons. The Morgan fingerprint density at radius 1 is 1.03 bits per heavy atom. The summed E-state index contributed by atoms with van der Waals surface area (Å²) in [5.41, 5.74) is 1.35. The van der Waals surface area contributed by atoms with E-state index in [1.165, 1.54) is 0 Å². The number of aromatic nitrogens is 1. The minimum absolute atomic E-state index is 0.0188. The normalized spacial score (nSPS) is 17.0. The smallest absolute Gasteiger partial charge is 0.419 e. The number of carbonyl (C=O) groups excluding carboxylic acids is 1. The molecule has 5 nitrogen and oxygen atoms in total. The molecule has 9 heteroatoms. The van der Waals surface area contributed by atoms with E-state index in [4.69, 9.17) is 9.72 Å². The third-order valence-electron chi connectivity index (χ3n) is 6.62. The molecule has 0 spiro atoms. The first-order valence-electron chi connectivity index (χ1n) is 11.8. The van der Waals surface area contributed by atoms with Crippen LogP contribution in [-0.2, 0) is 21.2 Å². The lowest BCUT2D eigenvalue weighted by Gasteiger charge is -2.41. The molecule has 2 heterocycles. The number of nitrogens with one attached hydrogen (secondary N) is 1. The highest BCUT2D eigenvalue weighted by Crippen LogP contribution is 2.45. The van der Waals surface area contributed by atoms with Gasteiger partial charge in [-0.2, -0.15) is 13.2 Å². The summed E-state index contributed by atoms with van der Waals surface area (Å²) in [5, 5.41) is 6.45. The number of nitrogens with zero attached hydrogens (tertiary/aromatic N) is 2. The molecule has 1 aliphatic heterocycles. The van der Waals surface area contributed by atoms with Crippen LogP contribution in [0, 0.1) is 0 Å². The molecule has 1 N–H and O–H groups in total. The van der Waals surface area contributed by atoms with Crippen molar-refractivity contribution in [3.05, 3.63) is 33.6 Å². The number of halogens is 3. The first-order chi connectivity index (χ1) is 16.0. The summed E-state index contributed by atoms with van der Waals surface area (Å²) in [6.07, 6.45) is -3.19. The number of benzene rings is 1. The van der Waals surface area contributed by atoms with Crippen LogP contribution in [0.25, 0.3) is 11.3 Å². The Morgan fingerprint density at radius 3 is 1.97 bits per heavy atom. The Hall–Kier alpha value is -1.97. The van der Waals surface area contributed by atoms with Gasteiger partial charge in [-0.05, 0) is 63.0 Å². The van der Waals surface area contributed by atoms with Crippen LogP contribution in [0.4, 0.5) is 13.2 Å². The van der Waals surface area contributed by atoms with E-state index in [-0.39, 0.29) is 11.3 Å². The number of alkyl halides is 3. The Bertz CT molecular complexity index is 1040. The van der Waals surface area contributed by atoms with Gasteiger partial charge < -0.3 is 10.1 Å². The van der Waals surface area contributed by atoms with Gasteiger partial charge in [0.2, 0.25) is 0 Å². The van der Waals surface area contributed by atoms with Crippen molar-refractivity contribution in [1.82, 2.24) is 15.2 Å². The lowest BCUT2D eigenvalue weighted by Crippen LogP contribution is -2.49. The van der Waals surface area contributed by atoms with Gasteiger partial charge in [0.25, 0.3) is 0 Å². The van der Waals surface area contributed by atoms with Crippen molar-refractivity contribution in [3.8, 4) is 17.0 Å². The number of ether oxygens (including phenoxy) is 1. The number of hydrogen-bond donors (Lipinski definition) is 1. The highest BCUT2D eigenvalue weighted by molar-refractivity contribution is 7.10. The zero-order valence-electron chi connectivity index (χ0n) is 21.8. The molecule has 0 saturated carbocycles. The molecule has 1 saturated heterocycles. The van der Waals surface area contributed by atoms with Crippen LogP contribution in [0.5, 0.6) is 5.75 Å². The fourth-order valence-corrected chi connectivity index (χ4v) is 5.63. The van der Waals surface area contributed by atoms with Gasteiger partial charge in [-0.3, -0.25) is 4.90 Å². The fraction of sp³-hybridized carbons (Fsp3) is 0.615. The minimum atomic E-state index is -5.08. The van der Waals surface area contributed by atoms with Crippen LogP contribution < -0.4 is 10.1 Å². The van der Waals surface area contributed by atoms with Crippen LogP contribution in [0.1, 0.15) is 70.5 Å². The van der Waals surface area contributed by atoms with Gasteiger partial charge in [0.15, 0.2) is 0 Å². The van der Waals surface area contributed by atoms with Crippen LogP contribution in [0.2, 0.25) is 0 Å². The number of hydrogen-bond acceptors (Lipinski definition) is 6. The second kappa shape index (κ2) is 9.48. The first kappa shape index (κ1) is 27.6. The second-order valence-corrected chi connectivity index (χ2v) is 12.4. The van der Waals surface area contributed by atoms with Crippen molar-refractivity contribution >= 4 is 17.3 Å². The Morgan fingerprint density at radius 2 is 1.54 bits per heavy atom. The van der Waals surface area contributed by atoms with E-state index < -0.39 is 23.0 Å². The monoisotopic (exact) mass is 511 g/mol. The van der Waals surface area contributed by atoms with E-state index in [0.717, 1.165) is 42.2 Å². The van der Waals surface area contributed by atoms with E-state index in [9.17, 15) is 18.0 Å². The van der Waals surface area contributed by atoms with E-state index in [1.54, 1.807) is 11.3 Å². The Kier molecular flexibility index (Phi) is 7.48.